The topological polar surface area (TPSA) is 79.1 Å². The van der Waals surface area contributed by atoms with Crippen LogP contribution in [0, 0.1) is 11.6 Å². The van der Waals surface area contributed by atoms with E-state index in [0.29, 0.717) is 17.6 Å². The maximum atomic E-state index is 14.5. The number of rotatable bonds is 4. The van der Waals surface area contributed by atoms with E-state index < -0.39 is 35.7 Å². The number of esters is 1. The molecule has 2 atom stereocenters. The first-order valence-electron chi connectivity index (χ1n) is 9.52. The number of nitrogens with zero attached hydrogens (tertiary/aromatic N) is 2. The maximum Gasteiger partial charge on any atom is 0.326 e. The normalized spacial score (nSPS) is 18.3. The molecule has 1 amide bonds. The standard InChI is InChI=1S/C21H18F2N2O5S/c1-3-28-17(26)10-25-18-13(23)8-12(22)9-16(18)31-21(25)24-20(27)19-11(2)29-14-6-4-5-7-15(14)30-19/h4-9,11,19H,3,10H2,1-2H3. The first-order valence-corrected chi connectivity index (χ1v) is 10.3. The number of hydrogen-bond acceptors (Lipinski definition) is 6. The summed E-state index contributed by atoms with van der Waals surface area (Å²) in [5, 5.41) is 0. The fourth-order valence-electron chi connectivity index (χ4n) is 3.25. The van der Waals surface area contributed by atoms with Gasteiger partial charge in [0, 0.05) is 6.07 Å². The SMILES string of the molecule is CCOC(=O)Cn1c(=NC(=O)C2Oc3ccccc3OC2C)sc2cc(F)cc(F)c21. The molecule has 1 aromatic heterocycles. The van der Waals surface area contributed by atoms with Crippen LogP contribution in [0.1, 0.15) is 13.8 Å². The zero-order valence-corrected chi connectivity index (χ0v) is 17.4. The molecule has 4 rings (SSSR count). The molecular weight excluding hydrogens is 430 g/mol. The molecule has 2 unspecified atom stereocenters. The summed E-state index contributed by atoms with van der Waals surface area (Å²) >= 11 is 0.883. The van der Waals surface area contributed by atoms with Crippen molar-refractivity contribution in [1.82, 2.24) is 4.57 Å². The van der Waals surface area contributed by atoms with Crippen molar-refractivity contribution in [1.29, 1.82) is 0 Å². The lowest BCUT2D eigenvalue weighted by Crippen LogP contribution is -2.43. The lowest BCUT2D eigenvalue weighted by molar-refractivity contribution is -0.143. The molecule has 0 bridgehead atoms. The van der Waals surface area contributed by atoms with Gasteiger partial charge in [-0.3, -0.25) is 9.59 Å². The number of fused-ring (bicyclic) bond motifs is 2. The van der Waals surface area contributed by atoms with Gasteiger partial charge in [0.2, 0.25) is 6.10 Å². The van der Waals surface area contributed by atoms with Crippen LogP contribution in [0.2, 0.25) is 0 Å². The summed E-state index contributed by atoms with van der Waals surface area (Å²) in [4.78, 5) is 29.1. The molecule has 162 valence electrons. The average Bonchev–Trinajstić information content (AvgIpc) is 3.04. The van der Waals surface area contributed by atoms with Crippen LogP contribution in [-0.4, -0.2) is 35.3 Å². The monoisotopic (exact) mass is 448 g/mol. The number of para-hydroxylation sites is 2. The fourth-order valence-corrected chi connectivity index (χ4v) is 4.32. The molecule has 0 fully saturated rings. The summed E-state index contributed by atoms with van der Waals surface area (Å²) in [6.45, 7) is 3.05. The van der Waals surface area contributed by atoms with Gasteiger partial charge in [-0.25, -0.2) is 8.78 Å². The molecule has 2 heterocycles. The smallest absolute Gasteiger partial charge is 0.326 e. The molecule has 0 N–H and O–H groups in total. The van der Waals surface area contributed by atoms with Crippen LogP contribution < -0.4 is 14.3 Å². The summed E-state index contributed by atoms with van der Waals surface area (Å²) < 4.78 is 46.0. The number of halogens is 2. The molecule has 10 heteroatoms. The number of hydrogen-bond donors (Lipinski definition) is 0. The number of amides is 1. The number of benzene rings is 2. The number of ether oxygens (including phenoxy) is 3. The minimum absolute atomic E-state index is 0.0206. The van der Waals surface area contributed by atoms with Gasteiger partial charge in [-0.05, 0) is 32.0 Å². The Balaban J connectivity index is 1.76. The van der Waals surface area contributed by atoms with Crippen LogP contribution in [0.25, 0.3) is 10.2 Å². The first kappa shape index (κ1) is 21.0. The first-order chi connectivity index (χ1) is 14.9. The van der Waals surface area contributed by atoms with Crippen LogP contribution in [0.4, 0.5) is 8.78 Å². The predicted octanol–water partition coefficient (Wildman–Crippen LogP) is 3.20. The molecule has 1 aliphatic rings. The average molecular weight is 448 g/mol. The van der Waals surface area contributed by atoms with Gasteiger partial charge in [0.25, 0.3) is 5.91 Å². The molecule has 2 aromatic carbocycles. The van der Waals surface area contributed by atoms with Gasteiger partial charge in [0.1, 0.15) is 18.5 Å². The van der Waals surface area contributed by atoms with E-state index >= 15 is 0 Å². The van der Waals surface area contributed by atoms with Crippen LogP contribution in [-0.2, 0) is 20.9 Å². The highest BCUT2D eigenvalue weighted by atomic mass is 32.1. The molecule has 31 heavy (non-hydrogen) atoms. The van der Waals surface area contributed by atoms with Crippen molar-refractivity contribution in [2.45, 2.75) is 32.6 Å². The van der Waals surface area contributed by atoms with Crippen molar-refractivity contribution >= 4 is 33.4 Å². The Morgan fingerprint density at radius 2 is 1.90 bits per heavy atom. The highest BCUT2D eigenvalue weighted by Crippen LogP contribution is 2.33. The number of carbonyl (C=O) groups is 2. The van der Waals surface area contributed by atoms with E-state index in [-0.39, 0.29) is 28.2 Å². The zero-order valence-electron chi connectivity index (χ0n) is 16.6. The van der Waals surface area contributed by atoms with Crippen LogP contribution in [0.5, 0.6) is 11.5 Å². The van der Waals surface area contributed by atoms with Gasteiger partial charge in [0.05, 0.1) is 16.8 Å². The molecule has 1 aliphatic heterocycles. The third kappa shape index (κ3) is 4.15. The van der Waals surface area contributed by atoms with Gasteiger partial charge in [-0.1, -0.05) is 23.5 Å². The Kier molecular flexibility index (Phi) is 5.73. The minimum Gasteiger partial charge on any atom is -0.482 e. The third-order valence-corrected chi connectivity index (χ3v) is 5.60. The second-order valence-electron chi connectivity index (χ2n) is 6.77. The van der Waals surface area contributed by atoms with Gasteiger partial charge in [-0.2, -0.15) is 4.99 Å². The van der Waals surface area contributed by atoms with Gasteiger partial charge in [-0.15, -0.1) is 0 Å². The second-order valence-corrected chi connectivity index (χ2v) is 7.78. The molecule has 0 saturated carbocycles. The Labute approximate surface area is 179 Å². The fraction of sp³-hybridized carbons (Fsp3) is 0.286. The van der Waals surface area contributed by atoms with Gasteiger partial charge < -0.3 is 18.8 Å². The lowest BCUT2D eigenvalue weighted by atomic mass is 10.1. The van der Waals surface area contributed by atoms with E-state index in [1.165, 1.54) is 4.57 Å². The molecule has 0 saturated heterocycles. The lowest BCUT2D eigenvalue weighted by Gasteiger charge is -2.29. The predicted molar refractivity (Wildman–Crippen MR) is 108 cm³/mol. The number of carbonyl (C=O) groups excluding carboxylic acids is 2. The Bertz CT molecular complexity index is 1240. The molecule has 0 radical (unpaired) electrons. The molecule has 7 nitrogen and oxygen atoms in total. The van der Waals surface area contributed by atoms with Crippen LogP contribution in [0.15, 0.2) is 41.4 Å². The summed E-state index contributed by atoms with van der Waals surface area (Å²) in [5.41, 5.74) is -0.0368. The molecule has 0 aliphatic carbocycles. The van der Waals surface area contributed by atoms with Crippen LogP contribution in [0.3, 0.4) is 0 Å². The van der Waals surface area contributed by atoms with E-state index in [9.17, 15) is 18.4 Å². The summed E-state index contributed by atoms with van der Waals surface area (Å²) in [5.74, 6) is -2.05. The Morgan fingerprint density at radius 1 is 1.19 bits per heavy atom. The van der Waals surface area contributed by atoms with Crippen molar-refractivity contribution in [2.75, 3.05) is 6.61 Å². The second kappa shape index (κ2) is 8.46. The van der Waals surface area contributed by atoms with Gasteiger partial charge >= 0.3 is 5.97 Å². The van der Waals surface area contributed by atoms with E-state index in [1.54, 1.807) is 38.1 Å². The Morgan fingerprint density at radius 3 is 2.61 bits per heavy atom. The zero-order chi connectivity index (χ0) is 22.1. The number of thiazole rings is 1. The molecule has 0 spiro atoms. The molecule has 3 aromatic rings. The molecular formula is C21H18F2N2O5S. The third-order valence-electron chi connectivity index (χ3n) is 4.58. The summed E-state index contributed by atoms with van der Waals surface area (Å²) in [6, 6.07) is 8.74. The number of aromatic nitrogens is 1. The minimum atomic E-state index is -1.04. The van der Waals surface area contributed by atoms with Crippen molar-refractivity contribution in [3.05, 3.63) is 52.8 Å². The quantitative estimate of drug-likeness (QED) is 0.573. The van der Waals surface area contributed by atoms with E-state index in [0.717, 1.165) is 17.4 Å². The van der Waals surface area contributed by atoms with Crippen LogP contribution >= 0.6 is 11.3 Å². The van der Waals surface area contributed by atoms with Crippen molar-refractivity contribution in [2.24, 2.45) is 4.99 Å². The highest BCUT2D eigenvalue weighted by Gasteiger charge is 2.34. The van der Waals surface area contributed by atoms with Crippen molar-refractivity contribution in [3.63, 3.8) is 0 Å². The summed E-state index contributed by atoms with van der Waals surface area (Å²) in [6.07, 6.45) is -1.68. The van der Waals surface area contributed by atoms with E-state index in [1.807, 2.05) is 0 Å². The van der Waals surface area contributed by atoms with Crippen molar-refractivity contribution < 1.29 is 32.6 Å². The Hall–Kier alpha value is -3.27. The van der Waals surface area contributed by atoms with E-state index in [2.05, 4.69) is 4.99 Å². The largest absolute Gasteiger partial charge is 0.482 e. The summed E-state index contributed by atoms with van der Waals surface area (Å²) in [7, 11) is 0. The highest BCUT2D eigenvalue weighted by molar-refractivity contribution is 7.16. The maximum absolute atomic E-state index is 14.5. The van der Waals surface area contributed by atoms with Gasteiger partial charge in [0.15, 0.2) is 22.1 Å². The van der Waals surface area contributed by atoms with E-state index in [4.69, 9.17) is 14.2 Å². The van der Waals surface area contributed by atoms with Crippen molar-refractivity contribution in [3.8, 4) is 11.5 Å².